The van der Waals surface area contributed by atoms with Crippen molar-refractivity contribution in [3.8, 4) is 0 Å². The molecule has 4 aliphatic rings. The monoisotopic (exact) mass is 1270 g/mol. The van der Waals surface area contributed by atoms with E-state index in [2.05, 4.69) is 49.8 Å². The molecule has 4 fully saturated rings. The topological polar surface area (TPSA) is 243 Å². The van der Waals surface area contributed by atoms with Crippen molar-refractivity contribution in [2.45, 2.75) is 295 Å². The molecule has 480 valence electrons. The Morgan fingerprint density at radius 1 is 0.470 bits per heavy atom. The molecule has 2 aliphatic heterocycles. The summed E-state index contributed by atoms with van der Waals surface area (Å²) in [7, 11) is 0. The van der Waals surface area contributed by atoms with Gasteiger partial charge in [0.2, 0.25) is 47.3 Å². The number of rotatable bonds is 18. The van der Waals surface area contributed by atoms with Crippen LogP contribution in [0.15, 0.2) is 0 Å². The van der Waals surface area contributed by atoms with E-state index in [1.807, 2.05) is 13.8 Å². The van der Waals surface area contributed by atoms with Crippen LogP contribution < -0.4 is 32.7 Å². The zero-order chi connectivity index (χ0) is 60.7. The molecule has 2 saturated carbocycles. The Balaban J connectivity index is 0.000000471. The summed E-state index contributed by atoms with van der Waals surface area (Å²) in [4.78, 5) is 97.8. The van der Waals surface area contributed by atoms with Gasteiger partial charge in [-0.1, -0.05) is 235 Å². The second-order valence-corrected chi connectivity index (χ2v) is 26.1. The number of amides is 8. The predicted molar refractivity (Wildman–Crippen MR) is 347 cm³/mol. The third-order valence-electron chi connectivity index (χ3n) is 17.0. The quantitative estimate of drug-likeness (QED) is 0.0509. The number of thiol groups is 1. The molecule has 2 heterocycles. The average molecular weight is 1270 g/mol. The highest BCUT2D eigenvalue weighted by Gasteiger charge is 2.37. The first-order valence-electron chi connectivity index (χ1n) is 33.3. The fourth-order valence-corrected chi connectivity index (χ4v) is 13.1. The van der Waals surface area contributed by atoms with Crippen molar-refractivity contribution in [2.75, 3.05) is 48.8 Å². The van der Waals surface area contributed by atoms with Crippen molar-refractivity contribution in [1.29, 1.82) is 0 Å². The van der Waals surface area contributed by atoms with Crippen LogP contribution in [0.1, 0.15) is 271 Å². The fourth-order valence-electron chi connectivity index (χ4n) is 12.1. The molecule has 0 bridgehead atoms. The smallest absolute Gasteiger partial charge is 0.240 e. The number of nitrogens with one attached hydrogen (secondary N) is 4. The van der Waals surface area contributed by atoms with Crippen LogP contribution in [-0.4, -0.2) is 130 Å². The van der Waals surface area contributed by atoms with Gasteiger partial charge >= 0.3 is 0 Å². The largest absolute Gasteiger partial charge is 0.368 e. The Labute approximate surface area is 521 Å². The van der Waals surface area contributed by atoms with E-state index in [-0.39, 0.29) is 70.6 Å². The second-order valence-electron chi connectivity index (χ2n) is 24.3. The SMILES string of the molecule is CC[C@H](C(N)=O)N1CC(CNC(=O)CS)CC1=O.CC[C@H](C(N)=O)N1CC(CNC(=O)CSCC(=O)NC2CCCCCCCCCCCCCCCCCC2)CC1=O.O=C(CBr)NC1CCCCCCCCCCCCCCCCCC1. The molecule has 2 aliphatic carbocycles. The number of alkyl halides is 1. The van der Waals surface area contributed by atoms with Crippen molar-refractivity contribution < 1.29 is 38.4 Å². The molecule has 16 nitrogen and oxygen atoms in total. The maximum atomic E-state index is 12.7. The number of carbonyl (C=O) groups is 8. The van der Waals surface area contributed by atoms with E-state index >= 15 is 0 Å². The Bertz CT molecular complexity index is 1760. The lowest BCUT2D eigenvalue weighted by Crippen LogP contribution is -2.45. The number of thioether (sulfide) groups is 1. The molecule has 8 N–H and O–H groups in total. The lowest BCUT2D eigenvalue weighted by Gasteiger charge is -2.24. The van der Waals surface area contributed by atoms with Crippen LogP contribution in [0.4, 0.5) is 0 Å². The summed E-state index contributed by atoms with van der Waals surface area (Å²) < 4.78 is 0. The number of carbonyl (C=O) groups excluding carboxylic acids is 8. The van der Waals surface area contributed by atoms with E-state index in [1.54, 1.807) is 0 Å². The minimum atomic E-state index is -0.583. The van der Waals surface area contributed by atoms with Crippen LogP contribution in [0.2, 0.25) is 0 Å². The zero-order valence-corrected chi connectivity index (χ0v) is 55.3. The number of hydrogen-bond acceptors (Lipinski definition) is 10. The zero-order valence-electron chi connectivity index (χ0n) is 52.0. The molecule has 2 saturated heterocycles. The minimum absolute atomic E-state index is 0.0142. The van der Waals surface area contributed by atoms with E-state index in [1.165, 1.54) is 240 Å². The molecule has 4 atom stereocenters. The van der Waals surface area contributed by atoms with E-state index in [4.69, 9.17) is 11.5 Å². The van der Waals surface area contributed by atoms with E-state index in [0.29, 0.717) is 63.2 Å². The Hall–Kier alpha value is -3.06. The highest BCUT2D eigenvalue weighted by atomic mass is 79.9. The van der Waals surface area contributed by atoms with Crippen molar-refractivity contribution in [3.05, 3.63) is 0 Å². The maximum absolute atomic E-state index is 12.7. The first-order valence-corrected chi connectivity index (χ1v) is 36.2. The lowest BCUT2D eigenvalue weighted by molar-refractivity contribution is -0.136. The van der Waals surface area contributed by atoms with Gasteiger partial charge < -0.3 is 42.5 Å². The third-order valence-corrected chi connectivity index (χ3v) is 18.7. The Kier molecular flexibility index (Phi) is 45.8. The van der Waals surface area contributed by atoms with Crippen LogP contribution in [-0.2, 0) is 38.4 Å². The van der Waals surface area contributed by atoms with Gasteiger partial charge in [0.15, 0.2) is 0 Å². The summed E-state index contributed by atoms with van der Waals surface area (Å²) >= 11 is 8.45. The molecule has 4 rings (SSSR count). The van der Waals surface area contributed by atoms with Crippen LogP contribution in [0.5, 0.6) is 0 Å². The molecule has 8 amide bonds. The number of likely N-dealkylation sites (tertiary alicyclic amines) is 2. The Morgan fingerprint density at radius 3 is 1.02 bits per heavy atom. The number of halogens is 1. The summed E-state index contributed by atoms with van der Waals surface area (Å²) in [5, 5.41) is 12.5. The average Bonchev–Trinajstić information content (AvgIpc) is 4.14. The first kappa shape index (κ1) is 76.0. The van der Waals surface area contributed by atoms with Gasteiger partial charge in [0, 0.05) is 62.9 Å². The third kappa shape index (κ3) is 38.0. The predicted octanol–water partition coefficient (Wildman–Crippen LogP) is 11.5. The normalized spacial score (nSPS) is 21.9. The first-order chi connectivity index (χ1) is 40.2. The molecular weight excluding hydrogens is 1150 g/mol. The van der Waals surface area contributed by atoms with Gasteiger partial charge in [-0.25, -0.2) is 0 Å². The summed E-state index contributed by atoms with van der Waals surface area (Å²) in [5.41, 5.74) is 10.7. The fraction of sp³-hybridized carbons (Fsp3) is 0.875. The van der Waals surface area contributed by atoms with Gasteiger partial charge in [-0.15, -0.1) is 11.8 Å². The molecule has 0 aromatic rings. The lowest BCUT2D eigenvalue weighted by atomic mass is 10.00. The second kappa shape index (κ2) is 50.0. The van der Waals surface area contributed by atoms with Gasteiger partial charge in [-0.3, -0.25) is 38.4 Å². The van der Waals surface area contributed by atoms with E-state index in [0.717, 1.165) is 12.8 Å². The highest BCUT2D eigenvalue weighted by molar-refractivity contribution is 9.09. The molecule has 0 radical (unpaired) electrons. The molecule has 19 heteroatoms. The van der Waals surface area contributed by atoms with Gasteiger partial charge in [0.25, 0.3) is 0 Å². The van der Waals surface area contributed by atoms with E-state index < -0.39 is 23.9 Å². The summed E-state index contributed by atoms with van der Waals surface area (Å²) in [6, 6.07) is -0.491. The van der Waals surface area contributed by atoms with Gasteiger partial charge in [-0.2, -0.15) is 12.6 Å². The molecular formula is C64H117BrN8O8S2. The van der Waals surface area contributed by atoms with Crippen LogP contribution in [0.3, 0.4) is 0 Å². The molecule has 83 heavy (non-hydrogen) atoms. The highest BCUT2D eigenvalue weighted by Crippen LogP contribution is 2.24. The number of primary amides is 2. The molecule has 2 unspecified atom stereocenters. The number of hydrogen-bond donors (Lipinski definition) is 7. The van der Waals surface area contributed by atoms with Gasteiger partial charge in [-0.05, 0) is 38.5 Å². The number of nitrogens with two attached hydrogens (primary N) is 2. The maximum Gasteiger partial charge on any atom is 0.240 e. The van der Waals surface area contributed by atoms with Crippen molar-refractivity contribution >= 4 is 87.6 Å². The minimum Gasteiger partial charge on any atom is -0.368 e. The van der Waals surface area contributed by atoms with Crippen LogP contribution >= 0.6 is 40.3 Å². The summed E-state index contributed by atoms with van der Waals surface area (Å²) in [5.74, 6) is -0.657. The molecule has 0 spiro atoms. The number of nitrogens with zero attached hydrogens (tertiary/aromatic N) is 2. The molecule has 0 aromatic heterocycles. The standard InChI is InChI=1S/C32H58N4O4S.C21H40BrNO.C11H19N3O3S/c1-2-28(32(33)40)36-23-26(21-31(36)39)22-34-29(37)24-41-25-30(38)35-27-19-17-15-13-11-9-7-5-3-4-6-8-10-12-14-16-18-20-27;22-19-21(24)23-20-17-15-13-11-9-7-5-3-1-2-4-6-8-10-12-14-16-18-20;1-2-8(11(12)17)14-5-7(3-10(14)16)4-13-9(15)6-18/h26-28H,2-25H2,1H3,(H2,33,40)(H,34,37)(H,35,38);20H,1-19H2,(H,23,24);7-8,18H,2-6H2,1H3,(H2,12,17)(H,13,15)/t26?,28-;;7?,8-/m1.1/s1. The summed E-state index contributed by atoms with van der Waals surface area (Å²) in [6.45, 7) is 5.35. The van der Waals surface area contributed by atoms with Gasteiger partial charge in [0.1, 0.15) is 12.1 Å². The van der Waals surface area contributed by atoms with Crippen LogP contribution in [0.25, 0.3) is 0 Å². The van der Waals surface area contributed by atoms with Crippen molar-refractivity contribution in [2.24, 2.45) is 23.3 Å². The summed E-state index contributed by atoms with van der Waals surface area (Å²) in [6.07, 6.45) is 49.5. The molecule has 0 aromatic carbocycles. The Morgan fingerprint density at radius 2 is 0.747 bits per heavy atom. The van der Waals surface area contributed by atoms with Crippen molar-refractivity contribution in [1.82, 2.24) is 31.1 Å². The van der Waals surface area contributed by atoms with Crippen molar-refractivity contribution in [3.63, 3.8) is 0 Å². The van der Waals surface area contributed by atoms with Gasteiger partial charge in [0.05, 0.1) is 22.6 Å². The van der Waals surface area contributed by atoms with Crippen LogP contribution in [0, 0.1) is 11.8 Å². The van der Waals surface area contributed by atoms with E-state index in [9.17, 15) is 38.4 Å².